The van der Waals surface area contributed by atoms with Crippen molar-refractivity contribution < 1.29 is 9.15 Å². The Kier molecular flexibility index (Phi) is 2.54. The Labute approximate surface area is 81.9 Å². The van der Waals surface area contributed by atoms with Crippen molar-refractivity contribution in [3.05, 3.63) is 28.3 Å². The molecule has 1 aromatic rings. The van der Waals surface area contributed by atoms with Gasteiger partial charge in [0.15, 0.2) is 0 Å². The lowest BCUT2D eigenvalue weighted by molar-refractivity contribution is 0.220. The molecule has 1 saturated heterocycles. The van der Waals surface area contributed by atoms with E-state index >= 15 is 0 Å². The van der Waals surface area contributed by atoms with Gasteiger partial charge in [-0.1, -0.05) is 0 Å². The SMILES string of the molecule is Cc1cc(O[C@@H]2CCNC2)cc(=O)o1. The van der Waals surface area contributed by atoms with E-state index in [0.717, 1.165) is 19.5 Å². The van der Waals surface area contributed by atoms with Gasteiger partial charge >= 0.3 is 5.63 Å². The van der Waals surface area contributed by atoms with Crippen LogP contribution in [0.15, 0.2) is 21.3 Å². The zero-order valence-corrected chi connectivity index (χ0v) is 8.08. The van der Waals surface area contributed by atoms with Crippen LogP contribution in [0.5, 0.6) is 5.75 Å². The lowest BCUT2D eigenvalue weighted by Crippen LogP contribution is -2.20. The fourth-order valence-corrected chi connectivity index (χ4v) is 1.56. The molecular weight excluding hydrogens is 182 g/mol. The number of aryl methyl sites for hydroxylation is 1. The summed E-state index contributed by atoms with van der Waals surface area (Å²) in [4.78, 5) is 11.0. The van der Waals surface area contributed by atoms with Gasteiger partial charge in [0.2, 0.25) is 0 Å². The van der Waals surface area contributed by atoms with Gasteiger partial charge < -0.3 is 14.5 Å². The molecule has 1 N–H and O–H groups in total. The van der Waals surface area contributed by atoms with Gasteiger partial charge in [-0.05, 0) is 19.9 Å². The van der Waals surface area contributed by atoms with Crippen molar-refractivity contribution in [2.75, 3.05) is 13.1 Å². The molecule has 4 heteroatoms. The summed E-state index contributed by atoms with van der Waals surface area (Å²) in [7, 11) is 0. The summed E-state index contributed by atoms with van der Waals surface area (Å²) in [5.41, 5.74) is -0.356. The molecule has 0 spiro atoms. The maximum atomic E-state index is 11.0. The Morgan fingerprint density at radius 3 is 3.07 bits per heavy atom. The van der Waals surface area contributed by atoms with Gasteiger partial charge in [0.25, 0.3) is 0 Å². The van der Waals surface area contributed by atoms with Crippen LogP contribution in [-0.4, -0.2) is 19.2 Å². The first-order valence-electron chi connectivity index (χ1n) is 4.73. The van der Waals surface area contributed by atoms with Gasteiger partial charge in [-0.15, -0.1) is 0 Å². The average Bonchev–Trinajstić information content (AvgIpc) is 2.54. The molecule has 0 bridgehead atoms. The number of ether oxygens (including phenoxy) is 1. The van der Waals surface area contributed by atoms with Crippen LogP contribution >= 0.6 is 0 Å². The minimum Gasteiger partial charge on any atom is -0.489 e. The molecule has 0 radical (unpaired) electrons. The largest absolute Gasteiger partial charge is 0.489 e. The van der Waals surface area contributed by atoms with Crippen LogP contribution in [-0.2, 0) is 0 Å². The van der Waals surface area contributed by atoms with E-state index in [-0.39, 0.29) is 11.7 Å². The van der Waals surface area contributed by atoms with Gasteiger partial charge in [0.05, 0.1) is 6.07 Å². The van der Waals surface area contributed by atoms with Crippen molar-refractivity contribution in [2.45, 2.75) is 19.4 Å². The monoisotopic (exact) mass is 195 g/mol. The van der Waals surface area contributed by atoms with Crippen LogP contribution in [0.3, 0.4) is 0 Å². The highest BCUT2D eigenvalue weighted by atomic mass is 16.5. The van der Waals surface area contributed by atoms with E-state index in [1.165, 1.54) is 6.07 Å². The van der Waals surface area contributed by atoms with Crippen molar-refractivity contribution in [1.82, 2.24) is 5.32 Å². The number of hydrogen-bond acceptors (Lipinski definition) is 4. The summed E-state index contributed by atoms with van der Waals surface area (Å²) in [6, 6.07) is 3.12. The molecule has 2 rings (SSSR count). The molecule has 1 aliphatic heterocycles. The summed E-state index contributed by atoms with van der Waals surface area (Å²) in [5.74, 6) is 1.19. The van der Waals surface area contributed by atoms with Crippen LogP contribution < -0.4 is 15.7 Å². The summed E-state index contributed by atoms with van der Waals surface area (Å²) in [6.45, 7) is 3.56. The first-order chi connectivity index (χ1) is 6.74. The Morgan fingerprint density at radius 2 is 2.43 bits per heavy atom. The highest BCUT2D eigenvalue weighted by Gasteiger charge is 2.16. The fraction of sp³-hybridized carbons (Fsp3) is 0.500. The molecule has 4 nitrogen and oxygen atoms in total. The Hall–Kier alpha value is -1.29. The van der Waals surface area contributed by atoms with Gasteiger partial charge in [-0.2, -0.15) is 0 Å². The van der Waals surface area contributed by atoms with Crippen LogP contribution in [0.2, 0.25) is 0 Å². The topological polar surface area (TPSA) is 51.5 Å². The minimum atomic E-state index is -0.356. The molecule has 0 aliphatic carbocycles. The average molecular weight is 195 g/mol. The second kappa shape index (κ2) is 3.84. The molecule has 14 heavy (non-hydrogen) atoms. The van der Waals surface area contributed by atoms with Crippen molar-refractivity contribution in [2.24, 2.45) is 0 Å². The van der Waals surface area contributed by atoms with Crippen molar-refractivity contribution >= 4 is 0 Å². The number of hydrogen-bond donors (Lipinski definition) is 1. The Morgan fingerprint density at radius 1 is 1.57 bits per heavy atom. The maximum absolute atomic E-state index is 11.0. The van der Waals surface area contributed by atoms with Crippen LogP contribution in [0.1, 0.15) is 12.2 Å². The maximum Gasteiger partial charge on any atom is 0.339 e. The fourth-order valence-electron chi connectivity index (χ4n) is 1.56. The van der Waals surface area contributed by atoms with E-state index in [4.69, 9.17) is 9.15 Å². The number of nitrogens with one attached hydrogen (secondary N) is 1. The third kappa shape index (κ3) is 2.14. The molecule has 1 aliphatic rings. The first-order valence-corrected chi connectivity index (χ1v) is 4.73. The van der Waals surface area contributed by atoms with Gasteiger partial charge in [-0.25, -0.2) is 4.79 Å². The predicted octanol–water partition coefficient (Wildman–Crippen LogP) is 0.689. The van der Waals surface area contributed by atoms with Gasteiger partial charge in [0.1, 0.15) is 17.6 Å². The lowest BCUT2D eigenvalue weighted by atomic mass is 10.3. The van der Waals surface area contributed by atoms with Crippen molar-refractivity contribution in [3.8, 4) is 5.75 Å². The van der Waals surface area contributed by atoms with E-state index in [1.807, 2.05) is 0 Å². The van der Waals surface area contributed by atoms with Crippen LogP contribution in [0.4, 0.5) is 0 Å². The third-order valence-corrected chi connectivity index (χ3v) is 2.19. The molecular formula is C10H13NO3. The quantitative estimate of drug-likeness (QED) is 0.754. The number of rotatable bonds is 2. The highest BCUT2D eigenvalue weighted by molar-refractivity contribution is 5.20. The molecule has 0 aromatic carbocycles. The Bertz CT molecular complexity index is 366. The van der Waals surface area contributed by atoms with Crippen LogP contribution in [0.25, 0.3) is 0 Å². The smallest absolute Gasteiger partial charge is 0.339 e. The molecule has 0 unspecified atom stereocenters. The Balaban J connectivity index is 2.11. The minimum absolute atomic E-state index is 0.177. The van der Waals surface area contributed by atoms with E-state index < -0.39 is 0 Å². The lowest BCUT2D eigenvalue weighted by Gasteiger charge is -2.11. The summed E-state index contributed by atoms with van der Waals surface area (Å²) in [6.07, 6.45) is 1.16. The van der Waals surface area contributed by atoms with E-state index in [9.17, 15) is 4.79 Å². The molecule has 1 atom stereocenters. The van der Waals surface area contributed by atoms with Gasteiger partial charge in [-0.3, -0.25) is 0 Å². The predicted molar refractivity (Wildman–Crippen MR) is 51.6 cm³/mol. The van der Waals surface area contributed by atoms with Gasteiger partial charge in [0, 0.05) is 12.6 Å². The van der Waals surface area contributed by atoms with Crippen molar-refractivity contribution in [1.29, 1.82) is 0 Å². The standard InChI is InChI=1S/C10H13NO3/c1-7-4-9(5-10(12)13-7)14-8-2-3-11-6-8/h4-5,8,11H,2-3,6H2,1H3/t8-/m1/s1. The van der Waals surface area contributed by atoms with E-state index in [0.29, 0.717) is 11.5 Å². The molecule has 0 amide bonds. The zero-order chi connectivity index (χ0) is 9.97. The highest BCUT2D eigenvalue weighted by Crippen LogP contribution is 2.14. The second-order valence-corrected chi connectivity index (χ2v) is 3.46. The first kappa shape index (κ1) is 9.27. The van der Waals surface area contributed by atoms with E-state index in [2.05, 4.69) is 5.32 Å². The molecule has 1 fully saturated rings. The molecule has 2 heterocycles. The summed E-state index contributed by atoms with van der Waals surface area (Å²) in [5, 5.41) is 3.20. The molecule has 1 aromatic heterocycles. The molecule has 0 saturated carbocycles. The molecule has 76 valence electrons. The normalized spacial score (nSPS) is 21.1. The summed E-state index contributed by atoms with van der Waals surface area (Å²) < 4.78 is 10.4. The third-order valence-electron chi connectivity index (χ3n) is 2.19. The zero-order valence-electron chi connectivity index (χ0n) is 8.08. The summed E-state index contributed by atoms with van der Waals surface area (Å²) >= 11 is 0. The van der Waals surface area contributed by atoms with Crippen LogP contribution in [0, 0.1) is 6.92 Å². The second-order valence-electron chi connectivity index (χ2n) is 3.46. The van der Waals surface area contributed by atoms with E-state index in [1.54, 1.807) is 13.0 Å². The van der Waals surface area contributed by atoms with Crippen molar-refractivity contribution in [3.63, 3.8) is 0 Å².